The van der Waals surface area contributed by atoms with Gasteiger partial charge in [0.2, 0.25) is 5.91 Å². The van der Waals surface area contributed by atoms with Crippen molar-refractivity contribution >= 4 is 33.7 Å². The summed E-state index contributed by atoms with van der Waals surface area (Å²) in [5.74, 6) is -0.250. The molecule has 24 heavy (non-hydrogen) atoms. The number of thiazole rings is 2. The average molecular weight is 362 g/mol. The standard InChI is InChI=1S/C16H18N4O2S2/c1-9-5-12(11(3)19(9)4)13-8-23-15(17-13)18-14(21)6-20-10(2)7-24-16(20)22/h5,7-8H,6H2,1-4H3,(H,17,18,21). The SMILES string of the molecule is Cc1cc(-c2csc(NC(=O)Cn3c(C)csc3=O)n2)c(C)n1C. The van der Waals surface area contributed by atoms with Crippen molar-refractivity contribution in [3.63, 3.8) is 0 Å². The minimum absolute atomic E-state index is 0.00650. The Morgan fingerprint density at radius 1 is 1.21 bits per heavy atom. The lowest BCUT2D eigenvalue weighted by Crippen LogP contribution is -2.25. The summed E-state index contributed by atoms with van der Waals surface area (Å²) in [4.78, 5) is 28.2. The normalized spacial score (nSPS) is 11.0. The molecule has 8 heteroatoms. The number of nitrogens with one attached hydrogen (secondary N) is 1. The second-order valence-corrected chi connectivity index (χ2v) is 7.34. The summed E-state index contributed by atoms with van der Waals surface area (Å²) in [5.41, 5.74) is 5.00. The summed E-state index contributed by atoms with van der Waals surface area (Å²) >= 11 is 2.48. The minimum atomic E-state index is -0.250. The number of anilines is 1. The molecule has 1 amide bonds. The van der Waals surface area contributed by atoms with E-state index in [0.29, 0.717) is 5.13 Å². The highest BCUT2D eigenvalue weighted by Crippen LogP contribution is 2.29. The van der Waals surface area contributed by atoms with Crippen molar-refractivity contribution in [3.05, 3.63) is 43.6 Å². The van der Waals surface area contributed by atoms with E-state index in [9.17, 15) is 9.59 Å². The lowest BCUT2D eigenvalue weighted by molar-refractivity contribution is -0.116. The third kappa shape index (κ3) is 3.07. The van der Waals surface area contributed by atoms with Crippen LogP contribution in [-0.2, 0) is 18.4 Å². The van der Waals surface area contributed by atoms with E-state index in [2.05, 4.69) is 20.9 Å². The van der Waals surface area contributed by atoms with Gasteiger partial charge >= 0.3 is 4.87 Å². The largest absolute Gasteiger partial charge is 0.351 e. The Bertz CT molecular complexity index is 961. The van der Waals surface area contributed by atoms with Gasteiger partial charge in [-0.15, -0.1) is 11.3 Å². The summed E-state index contributed by atoms with van der Waals surface area (Å²) < 4.78 is 3.57. The Balaban J connectivity index is 1.75. The van der Waals surface area contributed by atoms with E-state index >= 15 is 0 Å². The summed E-state index contributed by atoms with van der Waals surface area (Å²) in [6, 6.07) is 2.09. The third-order valence-electron chi connectivity index (χ3n) is 4.08. The molecule has 0 spiro atoms. The van der Waals surface area contributed by atoms with Crippen molar-refractivity contribution in [2.24, 2.45) is 7.05 Å². The van der Waals surface area contributed by atoms with E-state index in [1.807, 2.05) is 33.2 Å². The van der Waals surface area contributed by atoms with Gasteiger partial charge in [0.1, 0.15) is 6.54 Å². The predicted octanol–water partition coefficient (Wildman–Crippen LogP) is 2.94. The molecule has 3 aromatic heterocycles. The third-order valence-corrected chi connectivity index (χ3v) is 5.72. The Labute approximate surface area is 147 Å². The highest BCUT2D eigenvalue weighted by molar-refractivity contribution is 7.14. The second kappa shape index (κ2) is 6.37. The van der Waals surface area contributed by atoms with E-state index in [0.717, 1.165) is 39.7 Å². The Hall–Kier alpha value is -2.19. The van der Waals surface area contributed by atoms with E-state index in [1.54, 1.807) is 5.38 Å². The maximum Gasteiger partial charge on any atom is 0.307 e. The zero-order valence-electron chi connectivity index (χ0n) is 13.9. The van der Waals surface area contributed by atoms with Crippen LogP contribution >= 0.6 is 22.7 Å². The fourth-order valence-corrected chi connectivity index (χ4v) is 3.93. The van der Waals surface area contributed by atoms with Crippen LogP contribution in [0.5, 0.6) is 0 Å². The molecule has 3 aromatic rings. The van der Waals surface area contributed by atoms with Gasteiger partial charge in [0.25, 0.3) is 0 Å². The van der Waals surface area contributed by atoms with Crippen LogP contribution < -0.4 is 10.2 Å². The second-order valence-electron chi connectivity index (χ2n) is 5.66. The number of hydrogen-bond donors (Lipinski definition) is 1. The van der Waals surface area contributed by atoms with Gasteiger partial charge in [-0.2, -0.15) is 0 Å². The molecule has 0 aliphatic heterocycles. The van der Waals surface area contributed by atoms with Crippen LogP contribution in [-0.4, -0.2) is 20.0 Å². The minimum Gasteiger partial charge on any atom is -0.351 e. The summed E-state index contributed by atoms with van der Waals surface area (Å²) in [6.45, 7) is 5.91. The number of hydrogen-bond acceptors (Lipinski definition) is 5. The van der Waals surface area contributed by atoms with Gasteiger partial charge in [0, 0.05) is 40.5 Å². The molecule has 0 saturated heterocycles. The van der Waals surface area contributed by atoms with Gasteiger partial charge in [0.05, 0.1) is 5.69 Å². The van der Waals surface area contributed by atoms with E-state index in [-0.39, 0.29) is 17.3 Å². The quantitative estimate of drug-likeness (QED) is 0.776. The first-order valence-corrected chi connectivity index (χ1v) is 9.16. The highest BCUT2D eigenvalue weighted by atomic mass is 32.1. The number of aryl methyl sites for hydroxylation is 2. The van der Waals surface area contributed by atoms with Gasteiger partial charge in [-0.05, 0) is 26.8 Å². The first kappa shape index (κ1) is 16.7. The maximum absolute atomic E-state index is 12.2. The van der Waals surface area contributed by atoms with Crippen molar-refractivity contribution in [3.8, 4) is 11.3 Å². The molecule has 0 aromatic carbocycles. The Morgan fingerprint density at radius 3 is 2.54 bits per heavy atom. The molecule has 0 radical (unpaired) electrons. The fraction of sp³-hybridized carbons (Fsp3) is 0.312. The number of amides is 1. The van der Waals surface area contributed by atoms with Crippen LogP contribution in [0.3, 0.4) is 0 Å². The number of rotatable bonds is 4. The first-order valence-electron chi connectivity index (χ1n) is 7.40. The molecule has 126 valence electrons. The van der Waals surface area contributed by atoms with Gasteiger partial charge in [-0.3, -0.25) is 14.2 Å². The lowest BCUT2D eigenvalue weighted by Gasteiger charge is -2.04. The molecule has 0 fully saturated rings. The van der Waals surface area contributed by atoms with E-state index < -0.39 is 0 Å². The Kier molecular flexibility index (Phi) is 4.42. The molecule has 0 aliphatic carbocycles. The van der Waals surface area contributed by atoms with Crippen molar-refractivity contribution in [2.75, 3.05) is 5.32 Å². The summed E-state index contributed by atoms with van der Waals surface area (Å²) in [5, 5.41) is 6.99. The topological polar surface area (TPSA) is 68.9 Å². The number of aromatic nitrogens is 3. The van der Waals surface area contributed by atoms with Gasteiger partial charge in [-0.1, -0.05) is 11.3 Å². The molecule has 3 heterocycles. The van der Waals surface area contributed by atoms with Crippen LogP contribution in [0.4, 0.5) is 5.13 Å². The first-order chi connectivity index (χ1) is 11.4. The van der Waals surface area contributed by atoms with Crippen molar-refractivity contribution < 1.29 is 4.79 Å². The molecule has 0 saturated carbocycles. The van der Waals surface area contributed by atoms with Gasteiger partial charge in [0.15, 0.2) is 5.13 Å². The monoisotopic (exact) mass is 362 g/mol. The van der Waals surface area contributed by atoms with Crippen molar-refractivity contribution in [2.45, 2.75) is 27.3 Å². The van der Waals surface area contributed by atoms with Crippen LogP contribution in [0.25, 0.3) is 11.3 Å². The van der Waals surface area contributed by atoms with Crippen molar-refractivity contribution in [1.29, 1.82) is 0 Å². The van der Waals surface area contributed by atoms with Crippen LogP contribution in [0.2, 0.25) is 0 Å². The molecule has 3 rings (SSSR count). The smallest absolute Gasteiger partial charge is 0.307 e. The molecule has 0 atom stereocenters. The Morgan fingerprint density at radius 2 is 1.96 bits per heavy atom. The summed E-state index contributed by atoms with van der Waals surface area (Å²) in [6.07, 6.45) is 0. The maximum atomic E-state index is 12.2. The zero-order valence-corrected chi connectivity index (χ0v) is 15.5. The fourth-order valence-electron chi connectivity index (χ4n) is 2.47. The zero-order chi connectivity index (χ0) is 17.4. The molecule has 0 aliphatic rings. The van der Waals surface area contributed by atoms with Gasteiger partial charge in [-0.25, -0.2) is 4.98 Å². The van der Waals surface area contributed by atoms with Crippen LogP contribution in [0, 0.1) is 20.8 Å². The summed E-state index contributed by atoms with van der Waals surface area (Å²) in [7, 11) is 2.02. The molecular weight excluding hydrogens is 344 g/mol. The van der Waals surface area contributed by atoms with Crippen LogP contribution in [0.15, 0.2) is 21.6 Å². The average Bonchev–Trinajstić information content (AvgIpc) is 3.18. The molecule has 0 unspecified atom stereocenters. The highest BCUT2D eigenvalue weighted by Gasteiger charge is 2.14. The molecular formula is C16H18N4O2S2. The van der Waals surface area contributed by atoms with Gasteiger partial charge < -0.3 is 9.88 Å². The lowest BCUT2D eigenvalue weighted by atomic mass is 10.2. The predicted molar refractivity (Wildman–Crippen MR) is 97.9 cm³/mol. The van der Waals surface area contributed by atoms with Crippen LogP contribution in [0.1, 0.15) is 17.1 Å². The van der Waals surface area contributed by atoms with E-state index in [1.165, 1.54) is 15.9 Å². The molecule has 0 bridgehead atoms. The molecule has 1 N–H and O–H groups in total. The number of nitrogens with zero attached hydrogens (tertiary/aromatic N) is 3. The molecule has 6 nitrogen and oxygen atoms in total. The number of carbonyl (C=O) groups excluding carboxylic acids is 1. The van der Waals surface area contributed by atoms with Crippen molar-refractivity contribution in [1.82, 2.24) is 14.1 Å². The number of carbonyl (C=O) groups is 1. The van der Waals surface area contributed by atoms with E-state index in [4.69, 9.17) is 0 Å².